The van der Waals surface area contributed by atoms with Crippen molar-refractivity contribution in [1.82, 2.24) is 9.80 Å². The molecule has 0 bridgehead atoms. The maximum absolute atomic E-state index is 12.3. The normalized spacial score (nSPS) is 19.4. The molecule has 110 valence electrons. The Balaban J connectivity index is 1.82. The summed E-state index contributed by atoms with van der Waals surface area (Å²) < 4.78 is 0. The number of likely N-dealkylation sites (tertiary alicyclic amines) is 1. The van der Waals surface area contributed by atoms with E-state index in [1.807, 2.05) is 36.2 Å². The highest BCUT2D eigenvalue weighted by Gasteiger charge is 2.21. The lowest BCUT2D eigenvalue weighted by molar-refractivity contribution is -0.133. The van der Waals surface area contributed by atoms with Gasteiger partial charge < -0.3 is 4.90 Å². The second-order valence-corrected chi connectivity index (χ2v) is 6.32. The summed E-state index contributed by atoms with van der Waals surface area (Å²) in [7, 11) is 1.99. The number of hydrogen-bond donors (Lipinski definition) is 0. The van der Waals surface area contributed by atoms with Gasteiger partial charge in [-0.25, -0.2) is 0 Å². The summed E-state index contributed by atoms with van der Waals surface area (Å²) in [6, 6.07) is 7.79. The molecule has 1 fully saturated rings. The Bertz CT molecular complexity index is 446. The summed E-state index contributed by atoms with van der Waals surface area (Å²) >= 11 is 5.87. The van der Waals surface area contributed by atoms with Crippen molar-refractivity contribution in [3.63, 3.8) is 0 Å². The van der Waals surface area contributed by atoms with Crippen LogP contribution in [-0.2, 0) is 11.3 Å². The van der Waals surface area contributed by atoms with Crippen LogP contribution in [0.1, 0.15) is 25.3 Å². The molecular weight excluding hydrogens is 272 g/mol. The zero-order chi connectivity index (χ0) is 14.5. The van der Waals surface area contributed by atoms with Crippen LogP contribution in [0.25, 0.3) is 0 Å². The number of hydrogen-bond acceptors (Lipinski definition) is 2. The van der Waals surface area contributed by atoms with E-state index in [2.05, 4.69) is 11.8 Å². The van der Waals surface area contributed by atoms with Gasteiger partial charge in [-0.05, 0) is 43.5 Å². The van der Waals surface area contributed by atoms with Crippen LogP contribution in [0.2, 0.25) is 5.02 Å². The van der Waals surface area contributed by atoms with E-state index in [1.165, 1.54) is 12.0 Å². The van der Waals surface area contributed by atoms with Gasteiger partial charge in [-0.2, -0.15) is 0 Å². The molecule has 1 atom stereocenters. The fraction of sp³-hybridized carbons (Fsp3) is 0.562. The highest BCUT2D eigenvalue weighted by molar-refractivity contribution is 6.30. The van der Waals surface area contributed by atoms with Gasteiger partial charge in [-0.1, -0.05) is 30.7 Å². The Morgan fingerprint density at radius 3 is 2.75 bits per heavy atom. The molecule has 0 spiro atoms. The van der Waals surface area contributed by atoms with E-state index in [0.717, 1.165) is 31.1 Å². The summed E-state index contributed by atoms with van der Waals surface area (Å²) in [4.78, 5) is 16.3. The fourth-order valence-corrected chi connectivity index (χ4v) is 2.83. The number of amides is 1. The standard InChI is InChI=1S/C16H23ClN2O/c1-13-4-3-9-19(10-13)16(20)12-18(2)11-14-5-7-15(17)8-6-14/h5-8,13H,3-4,9-12H2,1-2H3. The second kappa shape index (κ2) is 7.09. The van der Waals surface area contributed by atoms with Gasteiger partial charge in [0.25, 0.3) is 0 Å². The second-order valence-electron chi connectivity index (χ2n) is 5.89. The van der Waals surface area contributed by atoms with Crippen molar-refractivity contribution in [3.8, 4) is 0 Å². The molecule has 1 heterocycles. The van der Waals surface area contributed by atoms with Gasteiger partial charge in [0, 0.05) is 24.7 Å². The van der Waals surface area contributed by atoms with Crippen LogP contribution < -0.4 is 0 Å². The molecule has 0 saturated carbocycles. The number of likely N-dealkylation sites (N-methyl/N-ethyl adjacent to an activating group) is 1. The molecular formula is C16H23ClN2O. The van der Waals surface area contributed by atoms with Crippen molar-refractivity contribution in [2.24, 2.45) is 5.92 Å². The summed E-state index contributed by atoms with van der Waals surface area (Å²) in [5, 5.41) is 0.745. The number of benzene rings is 1. The summed E-state index contributed by atoms with van der Waals surface area (Å²) in [5.74, 6) is 0.877. The van der Waals surface area contributed by atoms with Gasteiger partial charge >= 0.3 is 0 Å². The molecule has 0 aromatic heterocycles. The lowest BCUT2D eigenvalue weighted by Crippen LogP contribution is -2.43. The topological polar surface area (TPSA) is 23.6 Å². The van der Waals surface area contributed by atoms with Gasteiger partial charge in [-0.15, -0.1) is 0 Å². The molecule has 4 heteroatoms. The molecule has 1 unspecified atom stereocenters. The SMILES string of the molecule is CC1CCCN(C(=O)CN(C)Cc2ccc(Cl)cc2)C1. The van der Waals surface area contributed by atoms with Crippen molar-refractivity contribution in [2.75, 3.05) is 26.7 Å². The molecule has 1 aliphatic heterocycles. The highest BCUT2D eigenvalue weighted by atomic mass is 35.5. The summed E-state index contributed by atoms with van der Waals surface area (Å²) in [6.07, 6.45) is 2.37. The maximum Gasteiger partial charge on any atom is 0.236 e. The van der Waals surface area contributed by atoms with Crippen LogP contribution in [-0.4, -0.2) is 42.4 Å². The first kappa shape index (κ1) is 15.3. The van der Waals surface area contributed by atoms with E-state index in [0.29, 0.717) is 12.5 Å². The Labute approximate surface area is 126 Å². The number of carbonyl (C=O) groups is 1. The van der Waals surface area contributed by atoms with E-state index in [1.54, 1.807) is 0 Å². The molecule has 1 aromatic carbocycles. The Morgan fingerprint density at radius 1 is 1.40 bits per heavy atom. The quantitative estimate of drug-likeness (QED) is 0.852. The van der Waals surface area contributed by atoms with E-state index in [-0.39, 0.29) is 5.91 Å². The predicted molar refractivity (Wildman–Crippen MR) is 82.8 cm³/mol. The van der Waals surface area contributed by atoms with Gasteiger partial charge in [-0.3, -0.25) is 9.69 Å². The minimum atomic E-state index is 0.244. The number of carbonyl (C=O) groups excluding carboxylic acids is 1. The van der Waals surface area contributed by atoms with Crippen molar-refractivity contribution in [1.29, 1.82) is 0 Å². The van der Waals surface area contributed by atoms with Crippen LogP contribution in [0, 0.1) is 5.92 Å². The molecule has 0 radical (unpaired) electrons. The van der Waals surface area contributed by atoms with Crippen LogP contribution in [0.4, 0.5) is 0 Å². The van der Waals surface area contributed by atoms with Crippen LogP contribution in [0.3, 0.4) is 0 Å². The van der Waals surface area contributed by atoms with E-state index < -0.39 is 0 Å². The number of nitrogens with zero attached hydrogens (tertiary/aromatic N) is 2. The molecule has 20 heavy (non-hydrogen) atoms. The van der Waals surface area contributed by atoms with Crippen molar-refractivity contribution in [3.05, 3.63) is 34.9 Å². The zero-order valence-electron chi connectivity index (χ0n) is 12.3. The minimum Gasteiger partial charge on any atom is -0.341 e. The van der Waals surface area contributed by atoms with Crippen molar-refractivity contribution >= 4 is 17.5 Å². The molecule has 0 N–H and O–H groups in total. The first-order valence-corrected chi connectivity index (χ1v) is 7.63. The van der Waals surface area contributed by atoms with Gasteiger partial charge in [0.05, 0.1) is 6.54 Å². The van der Waals surface area contributed by atoms with Crippen LogP contribution in [0.5, 0.6) is 0 Å². The summed E-state index contributed by atoms with van der Waals surface area (Å²) in [6.45, 7) is 5.30. The predicted octanol–water partition coefficient (Wildman–Crippen LogP) is 3.03. The molecule has 1 aliphatic rings. The molecule has 2 rings (SSSR count). The highest BCUT2D eigenvalue weighted by Crippen LogP contribution is 2.16. The lowest BCUT2D eigenvalue weighted by atomic mass is 10.0. The smallest absolute Gasteiger partial charge is 0.236 e. The van der Waals surface area contributed by atoms with Gasteiger partial charge in [0.15, 0.2) is 0 Å². The molecule has 1 saturated heterocycles. The van der Waals surface area contributed by atoms with Gasteiger partial charge in [0.2, 0.25) is 5.91 Å². The fourth-order valence-electron chi connectivity index (χ4n) is 2.70. The largest absolute Gasteiger partial charge is 0.341 e. The monoisotopic (exact) mass is 294 g/mol. The zero-order valence-corrected chi connectivity index (χ0v) is 13.1. The summed E-state index contributed by atoms with van der Waals surface area (Å²) in [5.41, 5.74) is 1.18. The molecule has 3 nitrogen and oxygen atoms in total. The minimum absolute atomic E-state index is 0.244. The molecule has 1 aromatic rings. The Morgan fingerprint density at radius 2 is 2.10 bits per heavy atom. The lowest BCUT2D eigenvalue weighted by Gasteiger charge is -2.32. The number of halogens is 1. The van der Waals surface area contributed by atoms with E-state index in [4.69, 9.17) is 11.6 Å². The van der Waals surface area contributed by atoms with Gasteiger partial charge in [0.1, 0.15) is 0 Å². The average Bonchev–Trinajstić information content (AvgIpc) is 2.41. The van der Waals surface area contributed by atoms with Crippen molar-refractivity contribution in [2.45, 2.75) is 26.3 Å². The number of piperidine rings is 1. The molecule has 0 aliphatic carbocycles. The maximum atomic E-state index is 12.3. The average molecular weight is 295 g/mol. The first-order chi connectivity index (χ1) is 9.54. The van der Waals surface area contributed by atoms with Crippen molar-refractivity contribution < 1.29 is 4.79 Å². The van der Waals surface area contributed by atoms with E-state index in [9.17, 15) is 4.79 Å². The third-order valence-electron chi connectivity index (χ3n) is 3.78. The van der Waals surface area contributed by atoms with Crippen LogP contribution in [0.15, 0.2) is 24.3 Å². The Hall–Kier alpha value is -1.06. The molecule has 1 amide bonds. The van der Waals surface area contributed by atoms with Crippen LogP contribution >= 0.6 is 11.6 Å². The van der Waals surface area contributed by atoms with E-state index >= 15 is 0 Å². The third-order valence-corrected chi connectivity index (χ3v) is 4.03. The number of rotatable bonds is 4. The first-order valence-electron chi connectivity index (χ1n) is 7.25. The third kappa shape index (κ3) is 4.50. The Kier molecular flexibility index (Phi) is 5.44.